The van der Waals surface area contributed by atoms with E-state index in [2.05, 4.69) is 87.9 Å². The summed E-state index contributed by atoms with van der Waals surface area (Å²) in [6, 6.07) is 2.46. The van der Waals surface area contributed by atoms with Crippen molar-refractivity contribution in [2.75, 3.05) is 0 Å². The molecule has 0 unspecified atom stereocenters. The first-order valence-corrected chi connectivity index (χ1v) is 12.6. The standard InChI is InChI=1S/C15H24N2.C3H5I2N.Pt/c1-3-7-14(8-4-1)16-11-12-17(13-16)15-9-5-2-6-10-15;4-6(5)3-1-2-3;/h11-12,14-15H,1-10H2;3H,1-2H2;. The van der Waals surface area contributed by atoms with Crippen molar-refractivity contribution < 1.29 is 19.4 Å². The van der Waals surface area contributed by atoms with Crippen LogP contribution >= 0.6 is 45.7 Å². The van der Waals surface area contributed by atoms with Gasteiger partial charge in [0.2, 0.25) is 0 Å². The van der Waals surface area contributed by atoms with Crippen molar-refractivity contribution in [3.05, 3.63) is 16.2 Å². The Kier molecular flexibility index (Phi) is 8.38. The van der Waals surface area contributed by atoms with Crippen LogP contribution < -0.4 is 0 Å². The molecular weight excluding hydrogens is 707 g/mol. The minimum absolute atomic E-state index is 0.774. The first-order chi connectivity index (χ1) is 11.7. The van der Waals surface area contributed by atoms with E-state index in [9.17, 15) is 0 Å². The summed E-state index contributed by atoms with van der Waals surface area (Å²) in [5.41, 5.74) is 0. The molecule has 0 amide bonds. The second-order valence-corrected chi connectivity index (χ2v) is 12.4. The molecule has 0 radical (unpaired) electrons. The molecule has 1 aromatic rings. The van der Waals surface area contributed by atoms with Crippen LogP contribution in [0, 0.1) is 3.80 Å². The molecule has 0 aliphatic heterocycles. The summed E-state index contributed by atoms with van der Waals surface area (Å²) in [6.07, 6.45) is 21.6. The normalized spacial score (nSPS) is 23.2. The van der Waals surface area contributed by atoms with E-state index in [-0.39, 0.29) is 0 Å². The van der Waals surface area contributed by atoms with Gasteiger partial charge in [-0.25, -0.2) is 0 Å². The molecule has 0 atom stereocenters. The van der Waals surface area contributed by atoms with Gasteiger partial charge in [0.15, 0.2) is 0 Å². The molecule has 1 aromatic heterocycles. The molecule has 1 heterocycles. The zero-order valence-electron chi connectivity index (χ0n) is 14.3. The van der Waals surface area contributed by atoms with Crippen molar-refractivity contribution in [2.24, 2.45) is 0 Å². The van der Waals surface area contributed by atoms with Crippen molar-refractivity contribution >= 4 is 45.7 Å². The molecule has 140 valence electrons. The van der Waals surface area contributed by atoms with Gasteiger partial charge in [-0.15, -0.1) is 0 Å². The summed E-state index contributed by atoms with van der Waals surface area (Å²) in [7, 11) is 0. The van der Waals surface area contributed by atoms with Crippen LogP contribution in [0.5, 0.6) is 0 Å². The van der Waals surface area contributed by atoms with Gasteiger partial charge in [0.05, 0.1) is 0 Å². The van der Waals surface area contributed by atoms with Crippen molar-refractivity contribution in [3.63, 3.8) is 0 Å². The Labute approximate surface area is 185 Å². The molecule has 3 aliphatic rings. The van der Waals surface area contributed by atoms with Gasteiger partial charge >= 0.3 is 121 Å². The van der Waals surface area contributed by atoms with E-state index in [4.69, 9.17) is 0 Å². The van der Waals surface area contributed by atoms with Gasteiger partial charge in [0.25, 0.3) is 0 Å². The van der Waals surface area contributed by atoms with Gasteiger partial charge in [-0.1, -0.05) is 0 Å². The second kappa shape index (κ2) is 10.0. The van der Waals surface area contributed by atoms with Gasteiger partial charge in [0, 0.05) is 51.8 Å². The average molecular weight is 736 g/mol. The van der Waals surface area contributed by atoms with E-state index in [1.807, 2.05) is 0 Å². The number of nitrogens with zero attached hydrogens (tertiary/aromatic N) is 3. The number of halogens is 2. The summed E-state index contributed by atoms with van der Waals surface area (Å²) >= 11 is 7.18. The Bertz CT molecular complexity index is 514. The summed E-state index contributed by atoms with van der Waals surface area (Å²) in [5, 5.41) is 0. The van der Waals surface area contributed by atoms with Crippen LogP contribution in [0.25, 0.3) is 0 Å². The quantitative estimate of drug-likeness (QED) is 0.255. The van der Waals surface area contributed by atoms with E-state index in [1.54, 1.807) is 0 Å². The molecule has 3 fully saturated rings. The van der Waals surface area contributed by atoms with Gasteiger partial charge in [-0.3, -0.25) is 0 Å². The first kappa shape index (κ1) is 20.1. The van der Waals surface area contributed by atoms with Gasteiger partial charge in [0.1, 0.15) is 0 Å². The van der Waals surface area contributed by atoms with E-state index in [0.717, 1.165) is 18.1 Å². The number of aromatic nitrogens is 2. The van der Waals surface area contributed by atoms with E-state index < -0.39 is 0 Å². The molecule has 24 heavy (non-hydrogen) atoms. The summed E-state index contributed by atoms with van der Waals surface area (Å²) < 4.78 is 8.79. The minimum atomic E-state index is 0.774. The number of imidazole rings is 1. The summed E-state index contributed by atoms with van der Waals surface area (Å²) in [4.78, 5) is 0. The van der Waals surface area contributed by atoms with Crippen LogP contribution in [-0.4, -0.2) is 16.5 Å². The van der Waals surface area contributed by atoms with E-state index in [0.29, 0.717) is 0 Å². The zero-order chi connectivity index (χ0) is 16.9. The van der Waals surface area contributed by atoms with Crippen molar-refractivity contribution in [1.82, 2.24) is 10.5 Å². The van der Waals surface area contributed by atoms with Crippen LogP contribution in [0.1, 0.15) is 89.1 Å². The Morgan fingerprint density at radius 3 is 1.46 bits per heavy atom. The molecule has 0 N–H and O–H groups in total. The molecule has 4 rings (SSSR count). The van der Waals surface area contributed by atoms with E-state index in [1.165, 1.54) is 80.9 Å². The Hall–Kier alpha value is 1.32. The van der Waals surface area contributed by atoms with Crippen molar-refractivity contribution in [3.8, 4) is 0 Å². The third-order valence-electron chi connectivity index (χ3n) is 5.54. The molecule has 0 aromatic carbocycles. The van der Waals surface area contributed by atoms with Crippen LogP contribution in [0.15, 0.2) is 12.4 Å². The fourth-order valence-electron chi connectivity index (χ4n) is 3.90. The first-order valence-electron chi connectivity index (χ1n) is 9.52. The molecule has 0 bridgehead atoms. The van der Waals surface area contributed by atoms with Crippen LogP contribution in [0.3, 0.4) is 0 Å². The molecule has 3 nitrogen and oxygen atoms in total. The maximum absolute atomic E-state index is 2.55. The summed E-state index contributed by atoms with van der Waals surface area (Å²) in [6.45, 7) is 0. The Morgan fingerprint density at radius 2 is 1.17 bits per heavy atom. The Balaban J connectivity index is 0.000000238. The number of hydrogen-bond donors (Lipinski definition) is 0. The van der Waals surface area contributed by atoms with E-state index >= 15 is 0 Å². The van der Waals surface area contributed by atoms with Crippen LogP contribution in [0.4, 0.5) is 0 Å². The predicted octanol–water partition coefficient (Wildman–Crippen LogP) is 6.53. The van der Waals surface area contributed by atoms with Crippen LogP contribution in [-0.2, 0) is 19.4 Å². The predicted molar refractivity (Wildman–Crippen MR) is 113 cm³/mol. The average Bonchev–Trinajstić information content (AvgIpc) is 3.40. The van der Waals surface area contributed by atoms with Crippen molar-refractivity contribution in [1.29, 1.82) is 0 Å². The van der Waals surface area contributed by atoms with Gasteiger partial charge in [-0.2, -0.15) is 1.33 Å². The summed E-state index contributed by atoms with van der Waals surface area (Å²) in [5.74, 6) is 0. The topological polar surface area (TPSA) is 13.1 Å². The molecular formula is C18H29I2N3Pt. The fraction of sp³-hybridized carbons (Fsp3) is 0.833. The molecule has 3 aliphatic carbocycles. The maximum atomic E-state index is 2.55. The molecule has 0 saturated heterocycles. The number of rotatable bonds is 3. The fourth-order valence-corrected chi connectivity index (χ4v) is 6.18. The third-order valence-corrected chi connectivity index (χ3v) is 8.29. The van der Waals surface area contributed by atoms with Crippen LogP contribution in [0.2, 0.25) is 0 Å². The van der Waals surface area contributed by atoms with Gasteiger partial charge < -0.3 is 0 Å². The van der Waals surface area contributed by atoms with Crippen molar-refractivity contribution in [2.45, 2.75) is 95.2 Å². The molecule has 0 spiro atoms. The second-order valence-electron chi connectivity index (χ2n) is 7.43. The Morgan fingerprint density at radius 1 is 0.750 bits per heavy atom. The SMILES string of the molecule is IN(I)C1CC1.[Pt]=[c]1n(C2CCCCC2)ccn1C1CCCCC1. The molecule has 6 heteroatoms. The molecule has 3 saturated carbocycles. The monoisotopic (exact) mass is 736 g/mol. The number of hydrogen-bond acceptors (Lipinski definition) is 1. The van der Waals surface area contributed by atoms with Gasteiger partial charge in [-0.05, 0) is 12.8 Å². The third kappa shape index (κ3) is 5.66. The zero-order valence-corrected chi connectivity index (χ0v) is 20.9.